The summed E-state index contributed by atoms with van der Waals surface area (Å²) in [6.07, 6.45) is 8.25. The number of carbonyl (C=O) groups excluding carboxylic acids is 1. The van der Waals surface area contributed by atoms with Crippen molar-refractivity contribution in [3.8, 4) is 0 Å². The van der Waals surface area contributed by atoms with Gasteiger partial charge in [0.2, 0.25) is 0 Å². The van der Waals surface area contributed by atoms with E-state index in [1.54, 1.807) is 0 Å². The van der Waals surface area contributed by atoms with Crippen LogP contribution in [0.3, 0.4) is 0 Å². The molecule has 2 fully saturated rings. The summed E-state index contributed by atoms with van der Waals surface area (Å²) in [5.74, 6) is 0.364. The van der Waals surface area contributed by atoms with E-state index in [0.717, 1.165) is 44.8 Å². The fourth-order valence-electron chi connectivity index (χ4n) is 4.07. The van der Waals surface area contributed by atoms with Crippen LogP contribution in [-0.4, -0.2) is 49.2 Å². The average Bonchev–Trinajstić information content (AvgIpc) is 3.25. The molecule has 0 radical (unpaired) electrons. The van der Waals surface area contributed by atoms with Crippen LogP contribution in [0.15, 0.2) is 0 Å². The number of rotatable bonds is 9. The van der Waals surface area contributed by atoms with Gasteiger partial charge in [0.05, 0.1) is 7.11 Å². The first kappa shape index (κ1) is 16.8. The summed E-state index contributed by atoms with van der Waals surface area (Å²) in [5.41, 5.74) is -0.426. The van der Waals surface area contributed by atoms with Crippen molar-refractivity contribution < 1.29 is 9.53 Å². The third-order valence-electron chi connectivity index (χ3n) is 5.20. The molecule has 0 heterocycles. The molecule has 1 N–H and O–H groups in total. The van der Waals surface area contributed by atoms with Crippen molar-refractivity contribution in [2.45, 2.75) is 70.4 Å². The van der Waals surface area contributed by atoms with Crippen molar-refractivity contribution in [1.82, 2.24) is 10.2 Å². The van der Waals surface area contributed by atoms with E-state index in [9.17, 15) is 4.79 Å². The molecule has 0 aromatic carbocycles. The lowest BCUT2D eigenvalue weighted by Crippen LogP contribution is -2.55. The first-order chi connectivity index (χ1) is 10.2. The highest BCUT2D eigenvalue weighted by Gasteiger charge is 2.49. The molecule has 0 aliphatic heterocycles. The van der Waals surface area contributed by atoms with E-state index in [1.165, 1.54) is 32.9 Å². The first-order valence-electron chi connectivity index (χ1n) is 8.75. The van der Waals surface area contributed by atoms with Gasteiger partial charge in [-0.1, -0.05) is 20.3 Å². The van der Waals surface area contributed by atoms with Gasteiger partial charge in [-0.3, -0.25) is 4.79 Å². The zero-order valence-electron chi connectivity index (χ0n) is 14.0. The molecule has 0 aromatic heterocycles. The topological polar surface area (TPSA) is 41.6 Å². The van der Waals surface area contributed by atoms with Crippen molar-refractivity contribution in [3.63, 3.8) is 0 Å². The van der Waals surface area contributed by atoms with Gasteiger partial charge in [0.1, 0.15) is 5.54 Å². The normalized spacial score (nSPS) is 29.0. The van der Waals surface area contributed by atoms with Crippen LogP contribution in [0.5, 0.6) is 0 Å². The molecule has 0 aromatic rings. The highest BCUT2D eigenvalue weighted by Crippen LogP contribution is 2.39. The molecule has 2 aliphatic carbocycles. The summed E-state index contributed by atoms with van der Waals surface area (Å²) in [6, 6.07) is 0.818. The third-order valence-corrected chi connectivity index (χ3v) is 5.20. The molecule has 0 bridgehead atoms. The molecule has 4 nitrogen and oxygen atoms in total. The van der Waals surface area contributed by atoms with Crippen molar-refractivity contribution in [1.29, 1.82) is 0 Å². The number of nitrogens with zero attached hydrogens (tertiary/aromatic N) is 1. The number of methoxy groups -OCH3 is 1. The Bertz CT molecular complexity index is 344. The van der Waals surface area contributed by atoms with Gasteiger partial charge in [0.15, 0.2) is 0 Å². The maximum Gasteiger partial charge on any atom is 0.326 e. The number of esters is 1. The van der Waals surface area contributed by atoms with Gasteiger partial charge < -0.3 is 15.0 Å². The minimum absolute atomic E-state index is 0.0553. The molecule has 0 spiro atoms. The molecular weight excluding hydrogens is 264 g/mol. The lowest BCUT2D eigenvalue weighted by Gasteiger charge is -2.35. The fraction of sp³-hybridized carbons (Fsp3) is 0.941. The zero-order chi connectivity index (χ0) is 15.3. The SMILES string of the molecule is CCCN(CCC1CCCC1(NCC)C(=O)OC)C1CC1. The Balaban J connectivity index is 1.97. The molecule has 122 valence electrons. The predicted octanol–water partition coefficient (Wildman–Crippen LogP) is 2.57. The summed E-state index contributed by atoms with van der Waals surface area (Å²) in [4.78, 5) is 15.0. The lowest BCUT2D eigenvalue weighted by molar-refractivity contribution is -0.150. The van der Waals surface area contributed by atoms with E-state index >= 15 is 0 Å². The second kappa shape index (κ2) is 7.59. The predicted molar refractivity (Wildman–Crippen MR) is 85.3 cm³/mol. The Hall–Kier alpha value is -0.610. The Morgan fingerprint density at radius 3 is 2.62 bits per heavy atom. The van der Waals surface area contributed by atoms with Gasteiger partial charge in [-0.15, -0.1) is 0 Å². The third kappa shape index (κ3) is 3.78. The van der Waals surface area contributed by atoms with Crippen molar-refractivity contribution in [3.05, 3.63) is 0 Å². The Labute approximate surface area is 129 Å². The van der Waals surface area contributed by atoms with E-state index in [1.807, 2.05) is 0 Å². The molecule has 2 atom stereocenters. The smallest absolute Gasteiger partial charge is 0.326 e. The van der Waals surface area contributed by atoms with Crippen LogP contribution in [0.2, 0.25) is 0 Å². The summed E-state index contributed by atoms with van der Waals surface area (Å²) in [6.45, 7) is 7.49. The van der Waals surface area contributed by atoms with Gasteiger partial charge in [-0.2, -0.15) is 0 Å². The number of carbonyl (C=O) groups is 1. The van der Waals surface area contributed by atoms with E-state index in [0.29, 0.717) is 5.92 Å². The monoisotopic (exact) mass is 296 g/mol. The maximum absolute atomic E-state index is 12.4. The summed E-state index contributed by atoms with van der Waals surface area (Å²) >= 11 is 0. The minimum Gasteiger partial charge on any atom is -0.468 e. The van der Waals surface area contributed by atoms with E-state index < -0.39 is 5.54 Å². The molecule has 21 heavy (non-hydrogen) atoms. The van der Waals surface area contributed by atoms with Crippen molar-refractivity contribution >= 4 is 5.97 Å². The second-order valence-electron chi connectivity index (χ2n) is 6.64. The molecule has 2 rings (SSSR count). The van der Waals surface area contributed by atoms with Gasteiger partial charge >= 0.3 is 5.97 Å². The van der Waals surface area contributed by atoms with Crippen LogP contribution in [-0.2, 0) is 9.53 Å². The number of likely N-dealkylation sites (N-methyl/N-ethyl adjacent to an activating group) is 1. The molecule has 0 saturated heterocycles. The van der Waals surface area contributed by atoms with Crippen LogP contribution in [0, 0.1) is 5.92 Å². The summed E-state index contributed by atoms with van der Waals surface area (Å²) in [7, 11) is 1.52. The zero-order valence-corrected chi connectivity index (χ0v) is 14.0. The highest BCUT2D eigenvalue weighted by atomic mass is 16.5. The van der Waals surface area contributed by atoms with Crippen LogP contribution < -0.4 is 5.32 Å². The van der Waals surface area contributed by atoms with E-state index in [4.69, 9.17) is 4.74 Å². The number of ether oxygens (including phenoxy) is 1. The summed E-state index contributed by atoms with van der Waals surface area (Å²) in [5, 5.41) is 3.47. The first-order valence-corrected chi connectivity index (χ1v) is 8.75. The van der Waals surface area contributed by atoms with Gasteiger partial charge in [0.25, 0.3) is 0 Å². The summed E-state index contributed by atoms with van der Waals surface area (Å²) < 4.78 is 5.12. The molecule has 0 amide bonds. The van der Waals surface area contributed by atoms with Crippen LogP contribution in [0.25, 0.3) is 0 Å². The lowest BCUT2D eigenvalue weighted by atomic mass is 9.84. The van der Waals surface area contributed by atoms with Crippen LogP contribution in [0.4, 0.5) is 0 Å². The highest BCUT2D eigenvalue weighted by molar-refractivity contribution is 5.81. The Morgan fingerprint density at radius 1 is 1.29 bits per heavy atom. The van der Waals surface area contributed by atoms with Gasteiger partial charge in [-0.05, 0) is 64.1 Å². The molecule has 4 heteroatoms. The standard InChI is InChI=1S/C17H32N2O2/c1-4-12-19(15-8-9-15)13-10-14-7-6-11-17(14,18-5-2)16(20)21-3/h14-15,18H,4-13H2,1-3H3. The molecular formula is C17H32N2O2. The average molecular weight is 296 g/mol. The molecule has 2 unspecified atom stereocenters. The quantitative estimate of drug-likeness (QED) is 0.664. The van der Waals surface area contributed by atoms with Crippen LogP contribution in [0.1, 0.15) is 58.8 Å². The number of hydrogen-bond acceptors (Lipinski definition) is 4. The second-order valence-corrected chi connectivity index (χ2v) is 6.64. The van der Waals surface area contributed by atoms with Gasteiger partial charge in [-0.25, -0.2) is 0 Å². The minimum atomic E-state index is -0.426. The number of hydrogen-bond donors (Lipinski definition) is 1. The molecule has 2 saturated carbocycles. The van der Waals surface area contributed by atoms with E-state index in [2.05, 4.69) is 24.1 Å². The van der Waals surface area contributed by atoms with Crippen molar-refractivity contribution in [2.75, 3.05) is 26.7 Å². The van der Waals surface area contributed by atoms with Crippen LogP contribution >= 0.6 is 0 Å². The Kier molecular flexibility index (Phi) is 6.06. The Morgan fingerprint density at radius 2 is 2.05 bits per heavy atom. The fourth-order valence-corrected chi connectivity index (χ4v) is 4.07. The largest absolute Gasteiger partial charge is 0.468 e. The number of nitrogens with one attached hydrogen (secondary N) is 1. The maximum atomic E-state index is 12.4. The van der Waals surface area contributed by atoms with E-state index in [-0.39, 0.29) is 5.97 Å². The molecule has 2 aliphatic rings. The van der Waals surface area contributed by atoms with Gasteiger partial charge in [0, 0.05) is 6.04 Å². The van der Waals surface area contributed by atoms with Crippen molar-refractivity contribution in [2.24, 2.45) is 5.92 Å².